The number of thiophene rings is 2. The Morgan fingerprint density at radius 1 is 0.364 bits per heavy atom. The fourth-order valence-electron chi connectivity index (χ4n) is 5.82. The summed E-state index contributed by atoms with van der Waals surface area (Å²) < 4.78 is 4.58. The van der Waals surface area contributed by atoms with Crippen molar-refractivity contribution in [3.05, 3.63) is 133 Å². The second-order valence-corrected chi connectivity index (χ2v) is 12.8. The maximum atomic E-state index is 5.20. The molecule has 0 N–H and O–H groups in total. The van der Waals surface area contributed by atoms with E-state index in [-0.39, 0.29) is 0 Å². The fraction of sp³-hybridized carbons (Fsp3) is 0. The van der Waals surface area contributed by atoms with Crippen molar-refractivity contribution in [2.75, 3.05) is 0 Å². The fourth-order valence-corrected chi connectivity index (χ4v) is 8.13. The van der Waals surface area contributed by atoms with Gasteiger partial charge in [0, 0.05) is 42.4 Å². The molecule has 4 heterocycles. The van der Waals surface area contributed by atoms with E-state index in [1.165, 1.54) is 9.40 Å². The number of hydrogen-bond donors (Lipinski definition) is 0. The van der Waals surface area contributed by atoms with Crippen LogP contribution in [0.3, 0.4) is 0 Å². The molecule has 9 aromatic rings. The first kappa shape index (κ1) is 25.2. The van der Waals surface area contributed by atoms with Crippen LogP contribution in [0.4, 0.5) is 0 Å². The van der Waals surface area contributed by atoms with Gasteiger partial charge in [-0.1, -0.05) is 115 Å². The molecule has 0 atom stereocenters. The lowest BCUT2D eigenvalue weighted by atomic mass is 10.0. The minimum absolute atomic E-state index is 0.724. The van der Waals surface area contributed by atoms with Gasteiger partial charge in [-0.2, -0.15) is 0 Å². The molecular weight excluding hydrogens is 577 g/mol. The lowest BCUT2D eigenvalue weighted by Gasteiger charge is -2.10. The quantitative estimate of drug-likeness (QED) is 0.202. The van der Waals surface area contributed by atoms with Crippen molar-refractivity contribution >= 4 is 63.3 Å². The molecule has 0 fully saturated rings. The average Bonchev–Trinajstić information content (AvgIpc) is 3.67. The molecule has 0 saturated heterocycles. The van der Waals surface area contributed by atoms with Crippen molar-refractivity contribution in [1.82, 2.24) is 19.9 Å². The van der Waals surface area contributed by atoms with Gasteiger partial charge in [0.25, 0.3) is 0 Å². The van der Waals surface area contributed by atoms with E-state index >= 15 is 0 Å². The smallest absolute Gasteiger partial charge is 0.160 e. The van der Waals surface area contributed by atoms with Crippen molar-refractivity contribution in [2.24, 2.45) is 0 Å². The Balaban J connectivity index is 1.30. The molecule has 4 aromatic heterocycles. The van der Waals surface area contributed by atoms with E-state index in [1.807, 2.05) is 36.4 Å². The largest absolute Gasteiger partial charge is 0.226 e. The van der Waals surface area contributed by atoms with Gasteiger partial charge in [0.1, 0.15) is 0 Å². The third kappa shape index (κ3) is 4.11. The Morgan fingerprint density at radius 2 is 0.773 bits per heavy atom. The molecule has 0 aliphatic rings. The molecule has 44 heavy (non-hydrogen) atoms. The molecule has 0 unspecified atom stereocenters. The van der Waals surface area contributed by atoms with Crippen molar-refractivity contribution in [1.29, 1.82) is 0 Å². The molecule has 0 bridgehead atoms. The molecule has 0 saturated carbocycles. The number of nitrogens with zero attached hydrogens (tertiary/aromatic N) is 4. The van der Waals surface area contributed by atoms with Crippen molar-refractivity contribution in [2.45, 2.75) is 0 Å². The van der Waals surface area contributed by atoms with Crippen LogP contribution < -0.4 is 0 Å². The molecule has 9 rings (SSSR count). The first-order valence-corrected chi connectivity index (χ1v) is 16.0. The van der Waals surface area contributed by atoms with Gasteiger partial charge in [-0.05, 0) is 18.2 Å². The number of aromatic nitrogens is 4. The molecule has 0 amide bonds. The van der Waals surface area contributed by atoms with Crippen LogP contribution in [0.25, 0.3) is 85.9 Å². The zero-order valence-corrected chi connectivity index (χ0v) is 24.9. The highest BCUT2D eigenvalue weighted by atomic mass is 32.1. The van der Waals surface area contributed by atoms with Crippen LogP contribution in [0.15, 0.2) is 133 Å². The predicted molar refractivity (Wildman–Crippen MR) is 185 cm³/mol. The predicted octanol–water partition coefficient (Wildman–Crippen LogP) is 10.7. The highest BCUT2D eigenvalue weighted by Gasteiger charge is 2.19. The van der Waals surface area contributed by atoms with Gasteiger partial charge in [0.2, 0.25) is 0 Å². The number of fused-ring (bicyclic) bond motifs is 6. The monoisotopic (exact) mass is 598 g/mol. The average molecular weight is 599 g/mol. The minimum Gasteiger partial charge on any atom is -0.226 e. The van der Waals surface area contributed by atoms with Crippen molar-refractivity contribution in [3.63, 3.8) is 0 Å². The van der Waals surface area contributed by atoms with Crippen LogP contribution >= 0.6 is 22.7 Å². The first-order valence-electron chi connectivity index (χ1n) is 14.4. The summed E-state index contributed by atoms with van der Waals surface area (Å²) in [6.45, 7) is 0. The summed E-state index contributed by atoms with van der Waals surface area (Å²) in [6.07, 6.45) is 0. The molecule has 0 aliphatic heterocycles. The topological polar surface area (TPSA) is 51.6 Å². The van der Waals surface area contributed by atoms with E-state index in [0.29, 0.717) is 0 Å². The van der Waals surface area contributed by atoms with E-state index in [9.17, 15) is 0 Å². The Bertz CT molecular complexity index is 2330. The van der Waals surface area contributed by atoms with Gasteiger partial charge in [0.15, 0.2) is 11.6 Å². The van der Waals surface area contributed by atoms with Gasteiger partial charge in [-0.15, -0.1) is 22.7 Å². The lowest BCUT2D eigenvalue weighted by Crippen LogP contribution is -1.95. The van der Waals surface area contributed by atoms with E-state index < -0.39 is 0 Å². The summed E-state index contributed by atoms with van der Waals surface area (Å²) in [4.78, 5) is 20.6. The Labute approximate surface area is 261 Å². The maximum Gasteiger partial charge on any atom is 0.160 e. The van der Waals surface area contributed by atoms with Crippen molar-refractivity contribution < 1.29 is 0 Å². The zero-order valence-electron chi connectivity index (χ0n) is 23.3. The Morgan fingerprint density at radius 3 is 1.25 bits per heavy atom. The van der Waals surface area contributed by atoms with Crippen LogP contribution in [0.1, 0.15) is 0 Å². The second-order valence-electron chi connectivity index (χ2n) is 10.7. The molecule has 0 spiro atoms. The summed E-state index contributed by atoms with van der Waals surface area (Å²) in [5, 5.41) is 2.31. The van der Waals surface area contributed by atoms with Crippen molar-refractivity contribution in [3.8, 4) is 45.3 Å². The number of benzene rings is 5. The van der Waals surface area contributed by atoms with Crippen LogP contribution in [0.2, 0.25) is 0 Å². The SMILES string of the molecule is c1ccc(-c2nc(-c3cccc(-c4nc(-c5ccccc5)nc5c4sc4ccccc45)c3)c3sc4ccccc4c3n2)cc1. The van der Waals surface area contributed by atoms with Gasteiger partial charge in [-0.25, -0.2) is 19.9 Å². The number of hydrogen-bond acceptors (Lipinski definition) is 6. The standard InChI is InChI=1S/C38H22N4S2/c1-3-12-23(13-4-1)37-39-31(35-33(41-37)27-18-7-9-20-29(27)43-35)25-16-11-17-26(22-25)32-36-34(28-19-8-10-21-30(28)44-36)42-38(40-32)24-14-5-2-6-15-24/h1-22H. The highest BCUT2D eigenvalue weighted by molar-refractivity contribution is 7.26. The van der Waals surface area contributed by atoms with Crippen LogP contribution in [-0.2, 0) is 0 Å². The summed E-state index contributed by atoms with van der Waals surface area (Å²) in [6, 6.07) is 46.0. The van der Waals surface area contributed by atoms with E-state index in [0.717, 1.165) is 76.5 Å². The van der Waals surface area contributed by atoms with Crippen LogP contribution in [-0.4, -0.2) is 19.9 Å². The molecule has 4 nitrogen and oxygen atoms in total. The number of rotatable bonds is 4. The molecular formula is C38H22N4S2. The normalized spacial score (nSPS) is 11.6. The summed E-state index contributed by atoms with van der Waals surface area (Å²) >= 11 is 3.49. The Hall–Kier alpha value is -5.30. The van der Waals surface area contributed by atoms with E-state index in [1.54, 1.807) is 22.7 Å². The molecule has 0 radical (unpaired) electrons. The summed E-state index contributed by atoms with van der Waals surface area (Å²) in [5.41, 5.74) is 7.90. The molecule has 0 aliphatic carbocycles. The molecule has 5 aromatic carbocycles. The maximum absolute atomic E-state index is 5.20. The van der Waals surface area contributed by atoms with Crippen LogP contribution in [0, 0.1) is 0 Å². The third-order valence-corrected chi connectivity index (χ3v) is 10.2. The molecule has 206 valence electrons. The van der Waals surface area contributed by atoms with E-state index in [4.69, 9.17) is 19.9 Å². The van der Waals surface area contributed by atoms with Gasteiger partial charge < -0.3 is 0 Å². The van der Waals surface area contributed by atoms with E-state index in [2.05, 4.69) is 97.1 Å². The van der Waals surface area contributed by atoms with Gasteiger partial charge >= 0.3 is 0 Å². The van der Waals surface area contributed by atoms with Gasteiger partial charge in [0.05, 0.1) is 31.8 Å². The minimum atomic E-state index is 0.724. The third-order valence-electron chi connectivity index (χ3n) is 7.91. The second kappa shape index (κ2) is 10.2. The molecule has 6 heteroatoms. The van der Waals surface area contributed by atoms with Crippen LogP contribution in [0.5, 0.6) is 0 Å². The van der Waals surface area contributed by atoms with Gasteiger partial charge in [-0.3, -0.25) is 0 Å². The lowest BCUT2D eigenvalue weighted by molar-refractivity contribution is 1.23. The zero-order chi connectivity index (χ0) is 29.0. The highest BCUT2D eigenvalue weighted by Crippen LogP contribution is 2.42. The summed E-state index contributed by atoms with van der Waals surface area (Å²) in [7, 11) is 0. The Kier molecular flexibility index (Phi) is 5.82. The first-order chi connectivity index (χ1) is 21.8. The summed E-state index contributed by atoms with van der Waals surface area (Å²) in [5.74, 6) is 1.45.